The van der Waals surface area contributed by atoms with E-state index in [0.717, 1.165) is 17.8 Å². The van der Waals surface area contributed by atoms with Crippen LogP contribution in [0.1, 0.15) is 30.2 Å². The average molecular weight is 515 g/mol. The number of benzene rings is 2. The summed E-state index contributed by atoms with van der Waals surface area (Å²) in [5.74, 6) is 0.724. The lowest BCUT2D eigenvalue weighted by molar-refractivity contribution is 0.776. The minimum absolute atomic E-state index is 0. The second kappa shape index (κ2) is 11.2. The third-order valence-corrected chi connectivity index (χ3v) is 4.57. The number of nitrogens with two attached hydrogens (primary N) is 2. The van der Waals surface area contributed by atoms with Crippen LogP contribution >= 0.6 is 24.0 Å². The Morgan fingerprint density at radius 2 is 1.97 bits per heavy atom. The third-order valence-electron chi connectivity index (χ3n) is 4.57. The van der Waals surface area contributed by atoms with Gasteiger partial charge in [0.1, 0.15) is 17.5 Å². The summed E-state index contributed by atoms with van der Waals surface area (Å²) >= 11 is 0. The number of rotatable bonds is 7. The van der Waals surface area contributed by atoms with Gasteiger partial charge in [-0.05, 0) is 49.1 Å². The van der Waals surface area contributed by atoms with Gasteiger partial charge in [-0.15, -0.1) is 24.0 Å². The van der Waals surface area contributed by atoms with Crippen LogP contribution in [0.4, 0.5) is 11.5 Å². The summed E-state index contributed by atoms with van der Waals surface area (Å²) in [5, 5.41) is 17.1. The van der Waals surface area contributed by atoms with Crippen molar-refractivity contribution in [2.24, 2.45) is 10.7 Å². The van der Waals surface area contributed by atoms with E-state index in [1.54, 1.807) is 4.68 Å². The van der Waals surface area contributed by atoms with E-state index < -0.39 is 0 Å². The van der Waals surface area contributed by atoms with Crippen molar-refractivity contribution in [3.8, 4) is 11.8 Å². The molecule has 5 N–H and O–H groups in total. The number of nitrogens with one attached hydrogen (secondary N) is 1. The number of nitrogens with zero attached hydrogens (tertiary/aromatic N) is 4. The maximum atomic E-state index is 9.47. The molecule has 2 aromatic carbocycles. The number of nitrogen functional groups attached to an aromatic ring is 1. The van der Waals surface area contributed by atoms with Gasteiger partial charge < -0.3 is 16.8 Å². The second-order valence-corrected chi connectivity index (χ2v) is 6.62. The zero-order valence-electron chi connectivity index (χ0n) is 16.9. The number of aliphatic imine (C=N–C) groups is 1. The molecule has 0 radical (unpaired) electrons. The predicted molar refractivity (Wildman–Crippen MR) is 132 cm³/mol. The van der Waals surface area contributed by atoms with Crippen LogP contribution in [0.25, 0.3) is 5.69 Å². The number of nitriles is 1. The molecule has 0 aliphatic carbocycles. The van der Waals surface area contributed by atoms with Crippen molar-refractivity contribution in [3.63, 3.8) is 0 Å². The van der Waals surface area contributed by atoms with Crippen molar-refractivity contribution in [3.05, 3.63) is 71.4 Å². The molecule has 0 fully saturated rings. The lowest BCUT2D eigenvalue weighted by Gasteiger charge is -2.07. The highest BCUT2D eigenvalue weighted by Gasteiger charge is 2.15. The summed E-state index contributed by atoms with van der Waals surface area (Å²) in [4.78, 5) is 4.37. The molecule has 3 aromatic rings. The van der Waals surface area contributed by atoms with Crippen LogP contribution in [0, 0.1) is 11.3 Å². The first-order valence-electron chi connectivity index (χ1n) is 9.61. The van der Waals surface area contributed by atoms with Gasteiger partial charge in [-0.25, -0.2) is 4.68 Å². The van der Waals surface area contributed by atoms with Crippen LogP contribution in [-0.2, 0) is 12.8 Å². The first kappa shape index (κ1) is 23.2. The summed E-state index contributed by atoms with van der Waals surface area (Å²) in [5.41, 5.74) is 16.2. The van der Waals surface area contributed by atoms with Crippen molar-refractivity contribution in [2.75, 3.05) is 17.6 Å². The first-order valence-corrected chi connectivity index (χ1v) is 9.61. The molecule has 7 nitrogen and oxygen atoms in total. The topological polar surface area (TPSA) is 118 Å². The molecule has 3 rings (SSSR count). The SMILES string of the molecule is CCc1cccc(NC(N)=NCCCc2nn(-c3ccccc3)c(N)c2C#N)c1.I. The molecule has 0 atom stereocenters. The van der Waals surface area contributed by atoms with Gasteiger partial charge in [-0.1, -0.05) is 37.3 Å². The van der Waals surface area contributed by atoms with Crippen LogP contribution in [0.3, 0.4) is 0 Å². The Morgan fingerprint density at radius 3 is 2.67 bits per heavy atom. The number of guanidine groups is 1. The number of halogens is 1. The van der Waals surface area contributed by atoms with Crippen LogP contribution < -0.4 is 16.8 Å². The molecule has 156 valence electrons. The van der Waals surface area contributed by atoms with Gasteiger partial charge in [-0.2, -0.15) is 10.4 Å². The highest BCUT2D eigenvalue weighted by Crippen LogP contribution is 2.21. The quantitative estimate of drug-likeness (QED) is 0.191. The highest BCUT2D eigenvalue weighted by atomic mass is 127. The molecule has 0 unspecified atom stereocenters. The number of aromatic nitrogens is 2. The summed E-state index contributed by atoms with van der Waals surface area (Å²) in [6.45, 7) is 2.63. The average Bonchev–Trinajstić information content (AvgIpc) is 3.07. The molecule has 0 bridgehead atoms. The van der Waals surface area contributed by atoms with Gasteiger partial charge in [0, 0.05) is 12.2 Å². The van der Waals surface area contributed by atoms with Gasteiger partial charge >= 0.3 is 0 Å². The van der Waals surface area contributed by atoms with Crippen molar-refractivity contribution in [1.82, 2.24) is 9.78 Å². The smallest absolute Gasteiger partial charge is 0.193 e. The molecule has 0 spiro atoms. The number of para-hydroxylation sites is 1. The summed E-state index contributed by atoms with van der Waals surface area (Å²) in [6.07, 6.45) is 2.26. The van der Waals surface area contributed by atoms with Gasteiger partial charge in [0.15, 0.2) is 5.96 Å². The van der Waals surface area contributed by atoms with Crippen LogP contribution in [0.2, 0.25) is 0 Å². The first-order chi connectivity index (χ1) is 14.1. The molecule has 0 saturated heterocycles. The predicted octanol–water partition coefficient (Wildman–Crippen LogP) is 3.87. The standard InChI is InChI=1S/C22H25N7.HI/c1-2-16-8-6-9-17(14-16)27-22(25)26-13-7-12-20-19(15-23)21(24)29(28-20)18-10-4-3-5-11-18;/h3-6,8-11,14H,2,7,12-13,24H2,1H3,(H3,25,26,27);1H. The fourth-order valence-electron chi connectivity index (χ4n) is 3.04. The summed E-state index contributed by atoms with van der Waals surface area (Å²) < 4.78 is 1.60. The van der Waals surface area contributed by atoms with Gasteiger partial charge in [-0.3, -0.25) is 4.99 Å². The Morgan fingerprint density at radius 1 is 1.20 bits per heavy atom. The van der Waals surface area contributed by atoms with Crippen LogP contribution in [0.15, 0.2) is 59.6 Å². The second-order valence-electron chi connectivity index (χ2n) is 6.62. The Balaban J connectivity index is 0.00000320. The fraction of sp³-hybridized carbons (Fsp3) is 0.227. The van der Waals surface area contributed by atoms with E-state index >= 15 is 0 Å². The fourth-order valence-corrected chi connectivity index (χ4v) is 3.04. The number of hydrogen-bond acceptors (Lipinski definition) is 4. The molecule has 0 aliphatic rings. The zero-order valence-corrected chi connectivity index (χ0v) is 19.2. The Kier molecular flexibility index (Phi) is 8.68. The van der Waals surface area contributed by atoms with E-state index in [4.69, 9.17) is 11.5 Å². The molecule has 1 heterocycles. The maximum Gasteiger partial charge on any atom is 0.193 e. The van der Waals surface area contributed by atoms with Crippen LogP contribution in [0.5, 0.6) is 0 Å². The normalized spacial score (nSPS) is 10.9. The van der Waals surface area contributed by atoms with Crippen molar-refractivity contribution in [1.29, 1.82) is 5.26 Å². The Labute approximate surface area is 193 Å². The molecule has 0 saturated carbocycles. The molecular weight excluding hydrogens is 489 g/mol. The number of anilines is 2. The lowest BCUT2D eigenvalue weighted by atomic mass is 10.1. The minimum atomic E-state index is 0. The van der Waals surface area contributed by atoms with Gasteiger partial charge in [0.05, 0.1) is 11.4 Å². The third kappa shape index (κ3) is 5.73. The minimum Gasteiger partial charge on any atom is -0.382 e. The van der Waals surface area contributed by atoms with Crippen molar-refractivity contribution in [2.45, 2.75) is 26.2 Å². The molecule has 8 heteroatoms. The molecule has 0 amide bonds. The molecule has 30 heavy (non-hydrogen) atoms. The highest BCUT2D eigenvalue weighted by molar-refractivity contribution is 14.0. The Hall–Kier alpha value is -3.06. The molecule has 0 aliphatic heterocycles. The summed E-state index contributed by atoms with van der Waals surface area (Å²) in [7, 11) is 0. The van der Waals surface area contributed by atoms with E-state index in [1.807, 2.05) is 42.5 Å². The zero-order chi connectivity index (χ0) is 20.6. The molecule has 1 aromatic heterocycles. The van der Waals surface area contributed by atoms with E-state index in [-0.39, 0.29) is 24.0 Å². The monoisotopic (exact) mass is 515 g/mol. The van der Waals surface area contributed by atoms with E-state index in [0.29, 0.717) is 42.4 Å². The number of hydrogen-bond donors (Lipinski definition) is 3. The summed E-state index contributed by atoms with van der Waals surface area (Å²) in [6, 6.07) is 19.8. The van der Waals surface area contributed by atoms with E-state index in [2.05, 4.69) is 40.5 Å². The van der Waals surface area contributed by atoms with E-state index in [1.165, 1.54) is 5.56 Å². The molecular formula is C22H26IN7. The Bertz CT molecular complexity index is 1040. The van der Waals surface area contributed by atoms with Gasteiger partial charge in [0.25, 0.3) is 0 Å². The van der Waals surface area contributed by atoms with E-state index in [9.17, 15) is 5.26 Å². The maximum absolute atomic E-state index is 9.47. The lowest BCUT2D eigenvalue weighted by Crippen LogP contribution is -2.23. The van der Waals surface area contributed by atoms with Crippen molar-refractivity contribution >= 4 is 41.4 Å². The largest absolute Gasteiger partial charge is 0.382 e. The van der Waals surface area contributed by atoms with Crippen LogP contribution in [-0.4, -0.2) is 22.3 Å². The van der Waals surface area contributed by atoms with Crippen molar-refractivity contribution < 1.29 is 0 Å². The van der Waals surface area contributed by atoms with Gasteiger partial charge in [0.2, 0.25) is 0 Å². The number of aryl methyl sites for hydroxylation is 2.